The van der Waals surface area contributed by atoms with E-state index in [1.807, 2.05) is 0 Å². The normalized spacial score (nSPS) is 34.5. The van der Waals surface area contributed by atoms with Crippen molar-refractivity contribution in [2.24, 2.45) is 23.2 Å². The second-order valence-electron chi connectivity index (χ2n) is 9.67. The van der Waals surface area contributed by atoms with Crippen molar-refractivity contribution in [3.63, 3.8) is 0 Å². The monoisotopic (exact) mass is 385 g/mol. The molecule has 1 aromatic heterocycles. The van der Waals surface area contributed by atoms with Crippen molar-refractivity contribution in [2.75, 3.05) is 20.2 Å². The summed E-state index contributed by atoms with van der Waals surface area (Å²) in [6, 6.07) is 2.08. The lowest BCUT2D eigenvalue weighted by Gasteiger charge is -2.57. The van der Waals surface area contributed by atoms with Crippen molar-refractivity contribution < 1.29 is 14.3 Å². The number of carbonyl (C=O) groups excluding carboxylic acids is 1. The van der Waals surface area contributed by atoms with Crippen molar-refractivity contribution in [1.29, 1.82) is 0 Å². The third-order valence-corrected chi connectivity index (χ3v) is 7.56. The summed E-state index contributed by atoms with van der Waals surface area (Å²) in [4.78, 5) is 23.4. The highest BCUT2D eigenvalue weighted by Gasteiger charge is 2.51. The second kappa shape index (κ2) is 7.20. The fourth-order valence-electron chi connectivity index (χ4n) is 6.82. The Balaban J connectivity index is 1.14. The summed E-state index contributed by atoms with van der Waals surface area (Å²) in [7, 11) is 1.55. The number of hydrogen-bond donors (Lipinski definition) is 0. The minimum absolute atomic E-state index is 0.100. The SMILES string of the molecule is COc1nccc(OC2CCN(C(=O)CC34CC5CC(CC(C5)C3)C4)CC2)n1. The number of amides is 1. The molecule has 5 aliphatic rings. The van der Waals surface area contributed by atoms with Crippen LogP contribution in [-0.4, -0.2) is 47.1 Å². The van der Waals surface area contributed by atoms with Crippen LogP contribution in [0, 0.1) is 23.2 Å². The molecule has 6 nitrogen and oxygen atoms in total. The molecule has 28 heavy (non-hydrogen) atoms. The van der Waals surface area contributed by atoms with Crippen LogP contribution in [0.15, 0.2) is 12.3 Å². The van der Waals surface area contributed by atoms with Gasteiger partial charge in [-0.05, 0) is 61.7 Å². The molecule has 1 aliphatic heterocycles. The molecule has 4 aliphatic carbocycles. The van der Waals surface area contributed by atoms with Crippen LogP contribution < -0.4 is 9.47 Å². The van der Waals surface area contributed by atoms with E-state index in [1.165, 1.54) is 38.5 Å². The predicted octanol–water partition coefficient (Wildman–Crippen LogP) is 3.46. The van der Waals surface area contributed by atoms with Crippen molar-refractivity contribution in [3.05, 3.63) is 12.3 Å². The van der Waals surface area contributed by atoms with Crippen molar-refractivity contribution >= 4 is 5.91 Å². The van der Waals surface area contributed by atoms with E-state index in [0.29, 0.717) is 23.2 Å². The number of carbonyl (C=O) groups is 1. The molecule has 1 aromatic rings. The topological polar surface area (TPSA) is 64.6 Å². The molecule has 6 heteroatoms. The maximum atomic E-state index is 13.1. The van der Waals surface area contributed by atoms with Crippen LogP contribution in [0.3, 0.4) is 0 Å². The summed E-state index contributed by atoms with van der Waals surface area (Å²) in [5, 5.41) is 0. The molecule has 0 atom stereocenters. The number of methoxy groups -OCH3 is 1. The van der Waals surface area contributed by atoms with E-state index in [0.717, 1.165) is 50.1 Å². The number of piperidine rings is 1. The van der Waals surface area contributed by atoms with Gasteiger partial charge in [0.05, 0.1) is 7.11 Å². The van der Waals surface area contributed by atoms with Crippen molar-refractivity contribution in [3.8, 4) is 11.9 Å². The highest BCUT2D eigenvalue weighted by atomic mass is 16.5. The summed E-state index contributed by atoms with van der Waals surface area (Å²) in [6.45, 7) is 1.58. The maximum Gasteiger partial charge on any atom is 0.319 e. The van der Waals surface area contributed by atoms with Crippen molar-refractivity contribution in [2.45, 2.75) is 63.9 Å². The summed E-state index contributed by atoms with van der Waals surface area (Å²) in [6.07, 6.45) is 12.5. The molecule has 2 heterocycles. The zero-order valence-electron chi connectivity index (χ0n) is 16.8. The van der Waals surface area contributed by atoms with E-state index in [2.05, 4.69) is 14.9 Å². The van der Waals surface area contributed by atoms with Gasteiger partial charge < -0.3 is 14.4 Å². The first-order valence-electron chi connectivity index (χ1n) is 10.9. The summed E-state index contributed by atoms with van der Waals surface area (Å²) >= 11 is 0. The van der Waals surface area contributed by atoms with Gasteiger partial charge in [0.1, 0.15) is 6.10 Å². The molecule has 0 unspecified atom stereocenters. The number of likely N-dealkylation sites (tertiary alicyclic amines) is 1. The Morgan fingerprint density at radius 3 is 2.39 bits per heavy atom. The van der Waals surface area contributed by atoms with Gasteiger partial charge in [0.2, 0.25) is 11.8 Å². The van der Waals surface area contributed by atoms with E-state index in [4.69, 9.17) is 9.47 Å². The molecule has 5 fully saturated rings. The molecule has 4 bridgehead atoms. The maximum absolute atomic E-state index is 13.1. The Morgan fingerprint density at radius 2 is 1.79 bits per heavy atom. The number of aromatic nitrogens is 2. The summed E-state index contributed by atoms with van der Waals surface area (Å²) in [5.41, 5.74) is 0.330. The van der Waals surface area contributed by atoms with E-state index in [-0.39, 0.29) is 6.10 Å². The molecular formula is C22H31N3O3. The molecule has 6 rings (SSSR count). The Bertz CT molecular complexity index is 694. The zero-order valence-corrected chi connectivity index (χ0v) is 16.8. The highest BCUT2D eigenvalue weighted by molar-refractivity contribution is 5.77. The lowest BCUT2D eigenvalue weighted by molar-refractivity contribution is -0.141. The third kappa shape index (κ3) is 3.58. The molecule has 0 aromatic carbocycles. The minimum Gasteiger partial charge on any atom is -0.474 e. The first-order valence-corrected chi connectivity index (χ1v) is 10.9. The van der Waals surface area contributed by atoms with Gasteiger partial charge in [-0.2, -0.15) is 4.98 Å². The smallest absolute Gasteiger partial charge is 0.319 e. The largest absolute Gasteiger partial charge is 0.474 e. The zero-order chi connectivity index (χ0) is 19.1. The fraction of sp³-hybridized carbons (Fsp3) is 0.773. The molecule has 1 saturated heterocycles. The predicted molar refractivity (Wildman–Crippen MR) is 104 cm³/mol. The van der Waals surface area contributed by atoms with Crippen LogP contribution in [-0.2, 0) is 4.79 Å². The Hall–Kier alpha value is -1.85. The molecular weight excluding hydrogens is 354 g/mol. The first kappa shape index (κ1) is 18.2. The molecule has 1 amide bonds. The lowest BCUT2D eigenvalue weighted by atomic mass is 9.49. The third-order valence-electron chi connectivity index (χ3n) is 7.56. The lowest BCUT2D eigenvalue weighted by Crippen LogP contribution is -2.49. The van der Waals surface area contributed by atoms with Gasteiger partial charge in [0.15, 0.2) is 0 Å². The van der Waals surface area contributed by atoms with Gasteiger partial charge in [-0.15, -0.1) is 0 Å². The minimum atomic E-state index is 0.100. The number of ether oxygens (including phenoxy) is 2. The van der Waals surface area contributed by atoms with Crippen LogP contribution in [0.5, 0.6) is 11.9 Å². The van der Waals surface area contributed by atoms with Gasteiger partial charge in [0.25, 0.3) is 0 Å². The number of nitrogens with zero attached hydrogens (tertiary/aromatic N) is 3. The van der Waals surface area contributed by atoms with E-state index in [1.54, 1.807) is 19.4 Å². The van der Waals surface area contributed by atoms with Crippen LogP contribution in [0.4, 0.5) is 0 Å². The average Bonchev–Trinajstić information content (AvgIpc) is 2.67. The summed E-state index contributed by atoms with van der Waals surface area (Å²) < 4.78 is 11.0. The molecule has 152 valence electrons. The van der Waals surface area contributed by atoms with E-state index >= 15 is 0 Å². The van der Waals surface area contributed by atoms with Crippen molar-refractivity contribution in [1.82, 2.24) is 14.9 Å². The van der Waals surface area contributed by atoms with Crippen LogP contribution in [0.25, 0.3) is 0 Å². The number of hydrogen-bond acceptors (Lipinski definition) is 5. The first-order chi connectivity index (χ1) is 13.6. The van der Waals surface area contributed by atoms with Gasteiger partial charge in [-0.1, -0.05) is 0 Å². The molecule has 4 saturated carbocycles. The van der Waals surface area contributed by atoms with Crippen LogP contribution >= 0.6 is 0 Å². The Morgan fingerprint density at radius 1 is 1.14 bits per heavy atom. The van der Waals surface area contributed by atoms with E-state index < -0.39 is 0 Å². The number of rotatable bonds is 5. The van der Waals surface area contributed by atoms with Gasteiger partial charge in [0, 0.05) is 44.6 Å². The fourth-order valence-corrected chi connectivity index (χ4v) is 6.82. The molecule has 0 radical (unpaired) electrons. The van der Waals surface area contributed by atoms with E-state index in [9.17, 15) is 4.79 Å². The Kier molecular flexibility index (Phi) is 4.68. The van der Waals surface area contributed by atoms with Crippen LogP contribution in [0.1, 0.15) is 57.8 Å². The quantitative estimate of drug-likeness (QED) is 0.777. The highest BCUT2D eigenvalue weighted by Crippen LogP contribution is 2.61. The van der Waals surface area contributed by atoms with Crippen LogP contribution in [0.2, 0.25) is 0 Å². The molecule has 0 spiro atoms. The molecule has 0 N–H and O–H groups in total. The summed E-state index contributed by atoms with van der Waals surface area (Å²) in [5.74, 6) is 3.64. The average molecular weight is 386 g/mol. The van der Waals surface area contributed by atoms with Gasteiger partial charge in [-0.3, -0.25) is 4.79 Å². The second-order valence-corrected chi connectivity index (χ2v) is 9.67. The Labute approximate surface area is 167 Å². The van der Waals surface area contributed by atoms with Gasteiger partial charge >= 0.3 is 6.01 Å². The van der Waals surface area contributed by atoms with Gasteiger partial charge in [-0.25, -0.2) is 4.98 Å². The standard InChI is InChI=1S/C22H31N3O3/c1-27-21-23-5-2-19(24-21)28-18-3-6-25(7-4-18)20(26)14-22-11-15-8-16(12-22)10-17(9-15)13-22/h2,5,15-18H,3-4,6-14H2,1H3.